The first-order valence-electron chi connectivity index (χ1n) is 10.1. The first-order chi connectivity index (χ1) is 14.0. The van der Waals surface area contributed by atoms with E-state index in [0.29, 0.717) is 18.4 Å². The molecule has 2 aromatic rings. The van der Waals surface area contributed by atoms with Gasteiger partial charge in [0.05, 0.1) is 31.2 Å². The van der Waals surface area contributed by atoms with Crippen molar-refractivity contribution >= 4 is 11.7 Å². The summed E-state index contributed by atoms with van der Waals surface area (Å²) in [5.41, 5.74) is 3.36. The van der Waals surface area contributed by atoms with E-state index in [1.807, 2.05) is 25.1 Å². The van der Waals surface area contributed by atoms with Gasteiger partial charge in [-0.3, -0.25) is 4.79 Å². The van der Waals surface area contributed by atoms with E-state index in [1.54, 1.807) is 14.2 Å². The topological polar surface area (TPSA) is 67.8 Å². The molecule has 29 heavy (non-hydrogen) atoms. The van der Waals surface area contributed by atoms with Gasteiger partial charge in [0, 0.05) is 44.6 Å². The fourth-order valence-corrected chi connectivity index (χ4v) is 4.28. The lowest BCUT2D eigenvalue weighted by atomic mass is 9.81. The molecule has 0 N–H and O–H groups in total. The Morgan fingerprint density at radius 3 is 2.48 bits per heavy atom. The Bertz CT molecular complexity index is 923. The second-order valence-corrected chi connectivity index (χ2v) is 7.86. The maximum absolute atomic E-state index is 13.0. The minimum atomic E-state index is 0.0329. The maximum atomic E-state index is 13.0. The highest BCUT2D eigenvalue weighted by Crippen LogP contribution is 2.39. The molecular formula is C22H28N4O3. The van der Waals surface area contributed by atoms with E-state index in [0.717, 1.165) is 60.6 Å². The molecule has 0 saturated carbocycles. The molecule has 2 heterocycles. The van der Waals surface area contributed by atoms with Gasteiger partial charge in [0.15, 0.2) is 5.78 Å². The molecule has 0 unspecified atom stereocenters. The number of fused-ring (bicyclic) bond motifs is 1. The van der Waals surface area contributed by atoms with E-state index in [1.165, 1.54) is 0 Å². The maximum Gasteiger partial charge on any atom is 0.225 e. The molecule has 1 atom stereocenters. The van der Waals surface area contributed by atoms with Gasteiger partial charge in [0.25, 0.3) is 0 Å². The Morgan fingerprint density at radius 1 is 1.03 bits per heavy atom. The zero-order valence-electron chi connectivity index (χ0n) is 17.6. The van der Waals surface area contributed by atoms with Crippen LogP contribution in [0.4, 0.5) is 5.95 Å². The van der Waals surface area contributed by atoms with Crippen molar-refractivity contribution < 1.29 is 14.3 Å². The van der Waals surface area contributed by atoms with Gasteiger partial charge >= 0.3 is 0 Å². The van der Waals surface area contributed by atoms with Crippen molar-refractivity contribution in [2.75, 3.05) is 52.3 Å². The Kier molecular flexibility index (Phi) is 5.41. The van der Waals surface area contributed by atoms with Gasteiger partial charge in [0.2, 0.25) is 5.95 Å². The van der Waals surface area contributed by atoms with Crippen LogP contribution < -0.4 is 14.4 Å². The molecular weight excluding hydrogens is 368 g/mol. The molecule has 1 aromatic heterocycles. The van der Waals surface area contributed by atoms with Crippen LogP contribution in [0.2, 0.25) is 0 Å². The van der Waals surface area contributed by atoms with Crippen molar-refractivity contribution in [2.24, 2.45) is 0 Å². The Hall–Kier alpha value is -2.67. The number of aryl methyl sites for hydroxylation is 1. The summed E-state index contributed by atoms with van der Waals surface area (Å²) in [5, 5.41) is 0. The van der Waals surface area contributed by atoms with Crippen LogP contribution in [0.15, 0.2) is 18.2 Å². The van der Waals surface area contributed by atoms with Crippen molar-refractivity contribution in [3.63, 3.8) is 0 Å². The average molecular weight is 396 g/mol. The Balaban J connectivity index is 1.67. The van der Waals surface area contributed by atoms with E-state index >= 15 is 0 Å². The molecule has 0 amide bonds. The number of hydrogen-bond acceptors (Lipinski definition) is 7. The standard InChI is InChI=1S/C22H28N4O3/c1-14-21-18(24-22(23-14)26-9-7-25(2)8-10-26)11-15(12-19(21)27)17-6-5-16(28-3)13-20(17)29-4/h5-6,13,15H,7-12H2,1-4H3/t15-/m0/s1. The quantitative estimate of drug-likeness (QED) is 0.786. The molecule has 7 nitrogen and oxygen atoms in total. The molecule has 0 spiro atoms. The number of benzene rings is 1. The second kappa shape index (κ2) is 7.99. The van der Waals surface area contributed by atoms with Crippen molar-refractivity contribution in [3.05, 3.63) is 40.7 Å². The molecule has 1 fully saturated rings. The number of methoxy groups -OCH3 is 2. The third-order valence-electron chi connectivity index (χ3n) is 5.97. The summed E-state index contributed by atoms with van der Waals surface area (Å²) in [6.45, 7) is 5.71. The van der Waals surface area contributed by atoms with E-state index in [2.05, 4.69) is 21.8 Å². The second-order valence-electron chi connectivity index (χ2n) is 7.86. The van der Waals surface area contributed by atoms with Crippen LogP contribution in [0.1, 0.15) is 39.6 Å². The number of carbonyl (C=O) groups is 1. The number of aromatic nitrogens is 2. The van der Waals surface area contributed by atoms with Crippen molar-refractivity contribution in [1.82, 2.24) is 14.9 Å². The Morgan fingerprint density at radius 2 is 1.79 bits per heavy atom. The van der Waals surface area contributed by atoms with Crippen molar-refractivity contribution in [2.45, 2.75) is 25.7 Å². The number of likely N-dealkylation sites (N-methyl/N-ethyl adjacent to an activating group) is 1. The summed E-state index contributed by atoms with van der Waals surface area (Å²) in [6, 6.07) is 5.78. The molecule has 1 aliphatic heterocycles. The van der Waals surface area contributed by atoms with E-state index in [9.17, 15) is 4.79 Å². The smallest absolute Gasteiger partial charge is 0.225 e. The molecule has 4 rings (SSSR count). The molecule has 1 aliphatic carbocycles. The lowest BCUT2D eigenvalue weighted by Crippen LogP contribution is -2.45. The summed E-state index contributed by atoms with van der Waals surface area (Å²) in [4.78, 5) is 27.0. The lowest BCUT2D eigenvalue weighted by Gasteiger charge is -2.33. The van der Waals surface area contributed by atoms with Crippen LogP contribution in [0, 0.1) is 6.92 Å². The third-order valence-corrected chi connectivity index (χ3v) is 5.97. The summed E-state index contributed by atoms with van der Waals surface area (Å²) >= 11 is 0. The van der Waals surface area contributed by atoms with Crippen LogP contribution in [-0.2, 0) is 6.42 Å². The molecule has 1 saturated heterocycles. The first kappa shape index (κ1) is 19.6. The number of ether oxygens (including phenoxy) is 2. The average Bonchev–Trinajstić information content (AvgIpc) is 2.73. The largest absolute Gasteiger partial charge is 0.497 e. The minimum Gasteiger partial charge on any atom is -0.497 e. The van der Waals surface area contributed by atoms with Gasteiger partial charge in [-0.1, -0.05) is 6.07 Å². The Labute approximate surface area is 171 Å². The van der Waals surface area contributed by atoms with Gasteiger partial charge < -0.3 is 19.3 Å². The van der Waals surface area contributed by atoms with Gasteiger partial charge in [-0.25, -0.2) is 9.97 Å². The van der Waals surface area contributed by atoms with E-state index in [-0.39, 0.29) is 11.7 Å². The third kappa shape index (κ3) is 3.79. The monoisotopic (exact) mass is 396 g/mol. The summed E-state index contributed by atoms with van der Waals surface area (Å²) in [6.07, 6.45) is 1.14. The van der Waals surface area contributed by atoms with Crippen LogP contribution in [0.25, 0.3) is 0 Å². The highest BCUT2D eigenvalue weighted by atomic mass is 16.5. The lowest BCUT2D eigenvalue weighted by molar-refractivity contribution is 0.0961. The van der Waals surface area contributed by atoms with Crippen molar-refractivity contribution in [3.8, 4) is 11.5 Å². The molecule has 0 bridgehead atoms. The van der Waals surface area contributed by atoms with E-state index in [4.69, 9.17) is 14.5 Å². The van der Waals surface area contributed by atoms with Gasteiger partial charge in [-0.2, -0.15) is 0 Å². The number of hydrogen-bond donors (Lipinski definition) is 0. The minimum absolute atomic E-state index is 0.0329. The number of ketones is 1. The number of anilines is 1. The number of Topliss-reactive ketones (excluding diaryl/α,β-unsaturated/α-hetero) is 1. The number of carbonyl (C=O) groups excluding carboxylic acids is 1. The number of piperazine rings is 1. The number of nitrogens with zero attached hydrogens (tertiary/aromatic N) is 4. The predicted octanol–water partition coefficient (Wildman–Crippen LogP) is 2.47. The summed E-state index contributed by atoms with van der Waals surface area (Å²) in [7, 11) is 5.41. The van der Waals surface area contributed by atoms with Crippen LogP contribution >= 0.6 is 0 Å². The zero-order valence-corrected chi connectivity index (χ0v) is 17.6. The van der Waals surface area contributed by atoms with Crippen molar-refractivity contribution in [1.29, 1.82) is 0 Å². The SMILES string of the molecule is COc1ccc([C@@H]2CC(=O)c3c(C)nc(N4CCN(C)CC4)nc3C2)c(OC)c1. The van der Waals surface area contributed by atoms with E-state index < -0.39 is 0 Å². The number of rotatable bonds is 4. The fraction of sp³-hybridized carbons (Fsp3) is 0.500. The van der Waals surface area contributed by atoms with Gasteiger partial charge in [-0.05, 0) is 32.0 Å². The van der Waals surface area contributed by atoms with Crippen LogP contribution in [-0.4, -0.2) is 68.1 Å². The fourth-order valence-electron chi connectivity index (χ4n) is 4.28. The zero-order chi connectivity index (χ0) is 20.5. The summed E-state index contributed by atoms with van der Waals surface area (Å²) in [5.74, 6) is 2.37. The van der Waals surface area contributed by atoms with Crippen LogP contribution in [0.5, 0.6) is 11.5 Å². The molecule has 0 radical (unpaired) electrons. The normalized spacial score (nSPS) is 19.8. The van der Waals surface area contributed by atoms with Gasteiger partial charge in [0.1, 0.15) is 11.5 Å². The molecule has 154 valence electrons. The molecule has 2 aliphatic rings. The first-order valence-corrected chi connectivity index (χ1v) is 10.1. The molecule has 1 aromatic carbocycles. The highest BCUT2D eigenvalue weighted by Gasteiger charge is 2.32. The summed E-state index contributed by atoms with van der Waals surface area (Å²) < 4.78 is 10.9. The predicted molar refractivity (Wildman–Crippen MR) is 111 cm³/mol. The highest BCUT2D eigenvalue weighted by molar-refractivity contribution is 5.99. The van der Waals surface area contributed by atoms with Crippen LogP contribution in [0.3, 0.4) is 0 Å². The van der Waals surface area contributed by atoms with Gasteiger partial charge in [-0.15, -0.1) is 0 Å². The molecule has 7 heteroatoms.